The highest BCUT2D eigenvalue weighted by atomic mass is 19.1. The molecule has 2 N–H and O–H groups in total. The number of hydrogen-bond donors (Lipinski definition) is 2. The molecule has 0 aromatic heterocycles. The van der Waals surface area contributed by atoms with Crippen LogP contribution in [-0.2, 0) is 4.74 Å². The third-order valence-electron chi connectivity index (χ3n) is 4.79. The Kier molecular flexibility index (Phi) is 10.2. The molecule has 1 saturated heterocycles. The van der Waals surface area contributed by atoms with E-state index in [1.807, 2.05) is 6.92 Å². The lowest BCUT2D eigenvalue weighted by atomic mass is 10.1. The second-order valence-corrected chi connectivity index (χ2v) is 7.78. The van der Waals surface area contributed by atoms with Crippen molar-refractivity contribution in [2.45, 2.75) is 58.8 Å². The van der Waals surface area contributed by atoms with Gasteiger partial charge in [0.1, 0.15) is 17.7 Å². The maximum atomic E-state index is 13.0. The lowest BCUT2D eigenvalue weighted by Crippen LogP contribution is -2.49. The lowest BCUT2D eigenvalue weighted by molar-refractivity contribution is 0.0532. The normalized spacial score (nSPS) is 17.4. The highest BCUT2D eigenvalue weighted by Gasteiger charge is 2.20. The van der Waals surface area contributed by atoms with Crippen LogP contribution in [0.4, 0.5) is 4.39 Å². The van der Waals surface area contributed by atoms with E-state index in [1.54, 1.807) is 12.1 Å². The molecule has 1 heterocycles. The predicted molar refractivity (Wildman–Crippen MR) is 116 cm³/mol. The zero-order valence-corrected chi connectivity index (χ0v) is 18.3. The van der Waals surface area contributed by atoms with Crippen molar-refractivity contribution in [1.29, 1.82) is 0 Å². The van der Waals surface area contributed by atoms with E-state index in [0.717, 1.165) is 51.6 Å². The average molecular weight is 409 g/mol. The first kappa shape index (κ1) is 23.4. The Labute approximate surface area is 174 Å². The Morgan fingerprint density at radius 3 is 2.52 bits per heavy atom. The summed E-state index contributed by atoms with van der Waals surface area (Å²) >= 11 is 0. The van der Waals surface area contributed by atoms with Crippen molar-refractivity contribution in [2.75, 3.05) is 39.3 Å². The molecule has 0 aliphatic carbocycles. The third-order valence-corrected chi connectivity index (χ3v) is 4.79. The van der Waals surface area contributed by atoms with E-state index in [1.165, 1.54) is 12.1 Å². The molecule has 0 radical (unpaired) electrons. The van der Waals surface area contributed by atoms with Crippen LogP contribution in [0.2, 0.25) is 0 Å². The van der Waals surface area contributed by atoms with Gasteiger partial charge in [0, 0.05) is 32.2 Å². The van der Waals surface area contributed by atoms with Crippen LogP contribution in [0, 0.1) is 5.82 Å². The smallest absolute Gasteiger partial charge is 0.191 e. The fraction of sp³-hybridized carbons (Fsp3) is 0.682. The second kappa shape index (κ2) is 12.6. The van der Waals surface area contributed by atoms with Gasteiger partial charge in [-0.05, 0) is 64.8 Å². The molecule has 0 spiro atoms. The van der Waals surface area contributed by atoms with Gasteiger partial charge in [0.2, 0.25) is 0 Å². The second-order valence-electron chi connectivity index (χ2n) is 7.78. The van der Waals surface area contributed by atoms with Gasteiger partial charge in [-0.1, -0.05) is 0 Å². The highest BCUT2D eigenvalue weighted by molar-refractivity contribution is 5.80. The molecule has 1 aromatic rings. The first-order chi connectivity index (χ1) is 14.0. The molecule has 1 unspecified atom stereocenters. The monoisotopic (exact) mass is 408 g/mol. The van der Waals surface area contributed by atoms with Gasteiger partial charge in [0.15, 0.2) is 5.96 Å². The van der Waals surface area contributed by atoms with Gasteiger partial charge in [-0.25, -0.2) is 9.38 Å². The summed E-state index contributed by atoms with van der Waals surface area (Å²) in [5, 5.41) is 6.87. The van der Waals surface area contributed by atoms with Crippen LogP contribution in [-0.4, -0.2) is 68.4 Å². The Bertz CT molecular complexity index is 601. The molecule has 29 heavy (non-hydrogen) atoms. The topological polar surface area (TPSA) is 58.1 Å². The number of aliphatic imine (C=N–C) groups is 1. The molecule has 164 valence electrons. The molecule has 1 aliphatic rings. The van der Waals surface area contributed by atoms with Crippen LogP contribution in [0.5, 0.6) is 5.75 Å². The molecule has 2 rings (SSSR count). The highest BCUT2D eigenvalue weighted by Crippen LogP contribution is 2.13. The van der Waals surface area contributed by atoms with Crippen molar-refractivity contribution in [1.82, 2.24) is 15.5 Å². The number of guanidine groups is 1. The number of nitrogens with zero attached hydrogens (tertiary/aromatic N) is 2. The first-order valence-electron chi connectivity index (χ1n) is 10.8. The summed E-state index contributed by atoms with van der Waals surface area (Å²) in [6.45, 7) is 13.4. The van der Waals surface area contributed by atoms with Crippen molar-refractivity contribution < 1.29 is 13.9 Å². The number of benzene rings is 1. The average Bonchev–Trinajstić information content (AvgIpc) is 2.69. The molecule has 7 heteroatoms. The number of piperidine rings is 1. The quantitative estimate of drug-likeness (QED) is 0.460. The Morgan fingerprint density at radius 2 is 1.90 bits per heavy atom. The summed E-state index contributed by atoms with van der Waals surface area (Å²) in [4.78, 5) is 7.13. The summed E-state index contributed by atoms with van der Waals surface area (Å²) in [6, 6.07) is 6.50. The predicted octanol–water partition coefficient (Wildman–Crippen LogP) is 3.04. The van der Waals surface area contributed by atoms with Gasteiger partial charge in [0.05, 0.1) is 19.3 Å². The minimum Gasteiger partial charge on any atom is -0.489 e. The van der Waals surface area contributed by atoms with Gasteiger partial charge in [0.25, 0.3) is 0 Å². The molecule has 1 aliphatic heterocycles. The zero-order chi connectivity index (χ0) is 21.1. The SMILES string of the molecule is CCNC(=NCC(C)Oc1ccc(F)cc1)NC1CCN(CCOC(C)C)CC1. The molecule has 6 nitrogen and oxygen atoms in total. The molecule has 0 bridgehead atoms. The summed E-state index contributed by atoms with van der Waals surface area (Å²) in [7, 11) is 0. The minimum absolute atomic E-state index is 0.0984. The van der Waals surface area contributed by atoms with Crippen LogP contribution in [0.3, 0.4) is 0 Å². The number of nitrogens with one attached hydrogen (secondary N) is 2. The van der Waals surface area contributed by atoms with Crippen LogP contribution in [0.15, 0.2) is 29.3 Å². The zero-order valence-electron chi connectivity index (χ0n) is 18.3. The fourth-order valence-corrected chi connectivity index (χ4v) is 3.23. The van der Waals surface area contributed by atoms with Gasteiger partial charge in [-0.3, -0.25) is 0 Å². The summed E-state index contributed by atoms with van der Waals surface area (Å²) in [6.07, 6.45) is 2.38. The number of ether oxygens (including phenoxy) is 2. The van der Waals surface area contributed by atoms with Crippen LogP contribution in [0.1, 0.15) is 40.5 Å². The third kappa shape index (κ3) is 9.45. The standard InChI is InChI=1S/C22H37FN4O2/c1-5-24-22(25-16-18(4)29-21-8-6-19(23)7-9-21)26-20-10-12-27(13-11-20)14-15-28-17(2)3/h6-9,17-18,20H,5,10-16H2,1-4H3,(H2,24,25,26). The Morgan fingerprint density at radius 1 is 1.21 bits per heavy atom. The molecule has 0 saturated carbocycles. The van der Waals surface area contributed by atoms with Crippen molar-refractivity contribution in [2.24, 2.45) is 4.99 Å². The number of hydrogen-bond acceptors (Lipinski definition) is 4. The summed E-state index contributed by atoms with van der Waals surface area (Å²) in [5.74, 6) is 1.21. The largest absolute Gasteiger partial charge is 0.489 e. The van der Waals surface area contributed by atoms with E-state index in [0.29, 0.717) is 24.4 Å². The van der Waals surface area contributed by atoms with E-state index in [9.17, 15) is 4.39 Å². The van der Waals surface area contributed by atoms with Gasteiger partial charge < -0.3 is 25.0 Å². The maximum absolute atomic E-state index is 13.0. The van der Waals surface area contributed by atoms with E-state index in [4.69, 9.17) is 9.47 Å². The Hall–Kier alpha value is -1.86. The van der Waals surface area contributed by atoms with Crippen molar-refractivity contribution in [3.63, 3.8) is 0 Å². The number of halogens is 1. The van der Waals surface area contributed by atoms with Gasteiger partial charge in [-0.2, -0.15) is 0 Å². The molecular formula is C22H37FN4O2. The van der Waals surface area contributed by atoms with Gasteiger partial charge in [-0.15, -0.1) is 0 Å². The molecule has 0 amide bonds. The lowest BCUT2D eigenvalue weighted by Gasteiger charge is -2.33. The van der Waals surface area contributed by atoms with Crippen LogP contribution >= 0.6 is 0 Å². The first-order valence-corrected chi connectivity index (χ1v) is 10.8. The minimum atomic E-state index is -0.264. The number of rotatable bonds is 10. The molecular weight excluding hydrogens is 371 g/mol. The fourth-order valence-electron chi connectivity index (χ4n) is 3.23. The van der Waals surface area contributed by atoms with E-state index in [2.05, 4.69) is 41.3 Å². The van der Waals surface area contributed by atoms with Crippen LogP contribution in [0.25, 0.3) is 0 Å². The molecule has 1 aromatic carbocycles. The van der Waals surface area contributed by atoms with Crippen molar-refractivity contribution >= 4 is 5.96 Å². The van der Waals surface area contributed by atoms with Crippen molar-refractivity contribution in [3.8, 4) is 5.75 Å². The molecule has 1 atom stereocenters. The maximum Gasteiger partial charge on any atom is 0.191 e. The van der Waals surface area contributed by atoms with E-state index < -0.39 is 0 Å². The Balaban J connectivity index is 1.75. The number of likely N-dealkylation sites (tertiary alicyclic amines) is 1. The van der Waals surface area contributed by atoms with E-state index in [-0.39, 0.29) is 11.9 Å². The van der Waals surface area contributed by atoms with Crippen molar-refractivity contribution in [3.05, 3.63) is 30.1 Å². The van der Waals surface area contributed by atoms with Crippen LogP contribution < -0.4 is 15.4 Å². The summed E-state index contributed by atoms with van der Waals surface area (Å²) < 4.78 is 24.5. The molecule has 1 fully saturated rings. The van der Waals surface area contributed by atoms with Gasteiger partial charge >= 0.3 is 0 Å². The summed E-state index contributed by atoms with van der Waals surface area (Å²) in [5.41, 5.74) is 0. The van der Waals surface area contributed by atoms with E-state index >= 15 is 0 Å².